The maximum atomic E-state index is 12.1. The normalized spacial score (nSPS) is 10.9. The van der Waals surface area contributed by atoms with Crippen LogP contribution in [0.3, 0.4) is 0 Å². The Morgan fingerprint density at radius 1 is 0.750 bits per heavy atom. The Morgan fingerprint density at radius 3 is 2.25 bits per heavy atom. The average molecular weight is 322 g/mol. The Hall–Kier alpha value is -2.55. The molecule has 0 unspecified atom stereocenters. The smallest absolute Gasteiger partial charge is 0.0894 e. The highest BCUT2D eigenvalue weighted by atomic mass is 19.1. The summed E-state index contributed by atoms with van der Waals surface area (Å²) < 4.78 is 12.1. The molecule has 0 amide bonds. The second-order valence-corrected chi connectivity index (χ2v) is 6.08. The zero-order chi connectivity index (χ0) is 16.8. The largest absolute Gasteiger partial charge is 0.399 e. The molecule has 0 fully saturated rings. The Labute approximate surface area is 142 Å². The van der Waals surface area contributed by atoms with E-state index in [0.717, 1.165) is 30.8 Å². The minimum atomic E-state index is -0.216. The zero-order valence-corrected chi connectivity index (χ0v) is 13.8. The van der Waals surface area contributed by atoms with Gasteiger partial charge in [-0.15, -0.1) is 0 Å². The number of nitrogen functional groups attached to an aromatic ring is 1. The highest BCUT2D eigenvalue weighted by Crippen LogP contribution is 2.27. The standard InChI is InChI=1S/C21H23FN2/c22-12-2-1-3-13-24-21-11-8-18-14-17(4-5-19(18)15-21)16-6-9-20(23)10-7-16/h4-11,14-15,24H,1-3,12-13,23H2. The number of hydrogen-bond acceptors (Lipinski definition) is 2. The molecule has 0 aliphatic heterocycles. The van der Waals surface area contributed by atoms with Crippen molar-refractivity contribution in [2.24, 2.45) is 0 Å². The van der Waals surface area contributed by atoms with Crippen molar-refractivity contribution in [3.63, 3.8) is 0 Å². The van der Waals surface area contributed by atoms with Crippen LogP contribution < -0.4 is 11.1 Å². The average Bonchev–Trinajstić information content (AvgIpc) is 2.62. The Bertz CT molecular complexity index is 797. The predicted molar refractivity (Wildman–Crippen MR) is 102 cm³/mol. The first kappa shape index (κ1) is 16.3. The third-order valence-corrected chi connectivity index (χ3v) is 4.22. The summed E-state index contributed by atoms with van der Waals surface area (Å²) in [6.07, 6.45) is 2.59. The molecule has 3 N–H and O–H groups in total. The van der Waals surface area contributed by atoms with Gasteiger partial charge in [-0.05, 0) is 71.5 Å². The molecule has 3 heteroatoms. The predicted octanol–water partition coefficient (Wildman–Crippen LogP) is 5.64. The highest BCUT2D eigenvalue weighted by Gasteiger charge is 2.01. The van der Waals surface area contributed by atoms with Crippen LogP contribution in [-0.4, -0.2) is 13.2 Å². The number of anilines is 2. The molecule has 0 heterocycles. The minimum Gasteiger partial charge on any atom is -0.399 e. The molecule has 24 heavy (non-hydrogen) atoms. The number of unbranched alkanes of at least 4 members (excludes halogenated alkanes) is 2. The molecular weight excluding hydrogens is 299 g/mol. The summed E-state index contributed by atoms with van der Waals surface area (Å²) in [5, 5.41) is 5.84. The second-order valence-electron chi connectivity index (χ2n) is 6.08. The van der Waals surface area contributed by atoms with Gasteiger partial charge in [0.25, 0.3) is 0 Å². The molecule has 3 aromatic rings. The van der Waals surface area contributed by atoms with E-state index in [1.54, 1.807) is 0 Å². The monoisotopic (exact) mass is 322 g/mol. The van der Waals surface area contributed by atoms with Crippen molar-refractivity contribution in [1.29, 1.82) is 0 Å². The molecule has 0 aliphatic rings. The Morgan fingerprint density at radius 2 is 1.46 bits per heavy atom. The van der Waals surface area contributed by atoms with E-state index in [2.05, 4.69) is 41.7 Å². The molecule has 2 nitrogen and oxygen atoms in total. The van der Waals surface area contributed by atoms with Gasteiger partial charge in [0.2, 0.25) is 0 Å². The third kappa shape index (κ3) is 4.05. The quantitative estimate of drug-likeness (QED) is 0.436. The van der Waals surface area contributed by atoms with Crippen LogP contribution in [0.4, 0.5) is 15.8 Å². The first-order valence-corrected chi connectivity index (χ1v) is 8.46. The molecule has 0 saturated carbocycles. The van der Waals surface area contributed by atoms with Gasteiger partial charge in [0.05, 0.1) is 6.67 Å². The van der Waals surface area contributed by atoms with E-state index in [1.165, 1.54) is 21.9 Å². The van der Waals surface area contributed by atoms with E-state index in [4.69, 9.17) is 5.73 Å². The fourth-order valence-corrected chi connectivity index (χ4v) is 2.84. The third-order valence-electron chi connectivity index (χ3n) is 4.22. The van der Waals surface area contributed by atoms with Crippen molar-refractivity contribution in [2.45, 2.75) is 19.3 Å². The fourth-order valence-electron chi connectivity index (χ4n) is 2.84. The molecule has 0 saturated heterocycles. The number of benzene rings is 3. The van der Waals surface area contributed by atoms with Crippen LogP contribution in [0.25, 0.3) is 21.9 Å². The van der Waals surface area contributed by atoms with Crippen LogP contribution in [0.1, 0.15) is 19.3 Å². The molecule has 0 radical (unpaired) electrons. The molecule has 0 spiro atoms. The number of nitrogens with one attached hydrogen (secondary N) is 1. The van der Waals surface area contributed by atoms with Crippen LogP contribution in [0.2, 0.25) is 0 Å². The molecule has 0 aromatic heterocycles. The van der Waals surface area contributed by atoms with Crippen molar-refractivity contribution in [3.05, 3.63) is 60.7 Å². The van der Waals surface area contributed by atoms with Crippen molar-refractivity contribution < 1.29 is 4.39 Å². The number of rotatable bonds is 7. The summed E-state index contributed by atoms with van der Waals surface area (Å²) in [6, 6.07) is 20.8. The van der Waals surface area contributed by atoms with Crippen LogP contribution in [0, 0.1) is 0 Å². The molecule has 0 atom stereocenters. The lowest BCUT2D eigenvalue weighted by molar-refractivity contribution is 0.458. The van der Waals surface area contributed by atoms with Gasteiger partial charge >= 0.3 is 0 Å². The van der Waals surface area contributed by atoms with Gasteiger partial charge in [0, 0.05) is 17.9 Å². The number of fused-ring (bicyclic) bond motifs is 1. The summed E-state index contributed by atoms with van der Waals surface area (Å²) in [5.74, 6) is 0. The second kappa shape index (κ2) is 7.82. The Balaban J connectivity index is 1.72. The van der Waals surface area contributed by atoms with Crippen molar-refractivity contribution in [2.75, 3.05) is 24.3 Å². The van der Waals surface area contributed by atoms with Crippen LogP contribution in [0.5, 0.6) is 0 Å². The summed E-state index contributed by atoms with van der Waals surface area (Å²) >= 11 is 0. The van der Waals surface area contributed by atoms with Crippen molar-refractivity contribution in [1.82, 2.24) is 0 Å². The van der Waals surface area contributed by atoms with Gasteiger partial charge < -0.3 is 11.1 Å². The summed E-state index contributed by atoms with van der Waals surface area (Å²) in [7, 11) is 0. The van der Waals surface area contributed by atoms with Crippen LogP contribution in [0.15, 0.2) is 60.7 Å². The lowest BCUT2D eigenvalue weighted by atomic mass is 10.0. The maximum Gasteiger partial charge on any atom is 0.0894 e. The zero-order valence-electron chi connectivity index (χ0n) is 13.8. The molecule has 3 rings (SSSR count). The van der Waals surface area contributed by atoms with E-state index >= 15 is 0 Å². The molecule has 0 aliphatic carbocycles. The van der Waals surface area contributed by atoms with Gasteiger partial charge in [0.1, 0.15) is 0 Å². The van der Waals surface area contributed by atoms with Gasteiger partial charge in [-0.2, -0.15) is 0 Å². The number of hydrogen-bond donors (Lipinski definition) is 2. The maximum absolute atomic E-state index is 12.1. The van der Waals surface area contributed by atoms with Gasteiger partial charge in [0.15, 0.2) is 0 Å². The lowest BCUT2D eigenvalue weighted by Crippen LogP contribution is -2.01. The summed E-state index contributed by atoms with van der Waals surface area (Å²) in [5.41, 5.74) is 10.0. The van der Waals surface area contributed by atoms with Crippen molar-refractivity contribution in [3.8, 4) is 11.1 Å². The van der Waals surface area contributed by atoms with Crippen LogP contribution >= 0.6 is 0 Å². The first-order valence-electron chi connectivity index (χ1n) is 8.46. The number of halogens is 1. The van der Waals surface area contributed by atoms with Crippen molar-refractivity contribution >= 4 is 22.1 Å². The van der Waals surface area contributed by atoms with E-state index in [0.29, 0.717) is 6.42 Å². The minimum absolute atomic E-state index is 0.216. The highest BCUT2D eigenvalue weighted by molar-refractivity contribution is 5.89. The first-order chi connectivity index (χ1) is 11.8. The SMILES string of the molecule is Nc1ccc(-c2ccc3cc(NCCCCCF)ccc3c2)cc1. The lowest BCUT2D eigenvalue weighted by Gasteiger charge is -2.09. The van der Waals surface area contributed by atoms with Crippen LogP contribution in [-0.2, 0) is 0 Å². The fraction of sp³-hybridized carbons (Fsp3) is 0.238. The van der Waals surface area contributed by atoms with Gasteiger partial charge in [-0.25, -0.2) is 0 Å². The van der Waals surface area contributed by atoms with Gasteiger partial charge in [-0.3, -0.25) is 4.39 Å². The molecular formula is C21H23FN2. The van der Waals surface area contributed by atoms with E-state index in [9.17, 15) is 4.39 Å². The summed E-state index contributed by atoms with van der Waals surface area (Å²) in [4.78, 5) is 0. The topological polar surface area (TPSA) is 38.0 Å². The summed E-state index contributed by atoms with van der Waals surface area (Å²) in [6.45, 7) is 0.668. The van der Waals surface area contributed by atoms with E-state index < -0.39 is 0 Å². The van der Waals surface area contributed by atoms with E-state index in [1.807, 2.05) is 24.3 Å². The van der Waals surface area contributed by atoms with Gasteiger partial charge in [-0.1, -0.05) is 30.3 Å². The molecule has 0 bridgehead atoms. The number of alkyl halides is 1. The molecule has 124 valence electrons. The van der Waals surface area contributed by atoms with E-state index in [-0.39, 0.29) is 6.67 Å². The Kier molecular flexibility index (Phi) is 5.32. The molecule has 3 aromatic carbocycles. The number of nitrogens with two attached hydrogens (primary N) is 1.